The van der Waals surface area contributed by atoms with Gasteiger partial charge in [0.25, 0.3) is 0 Å². The number of rotatable bonds is 3. The molecule has 1 N–H and O–H groups in total. The maximum Gasteiger partial charge on any atom is 0.336 e. The van der Waals surface area contributed by atoms with Crippen LogP contribution in [0.1, 0.15) is 11.7 Å². The van der Waals surface area contributed by atoms with Crippen molar-refractivity contribution in [2.45, 2.75) is 18.5 Å². The zero-order chi connectivity index (χ0) is 12.5. The SMILES string of the molecule is OC(c1ccc(Cl)cc1Cl)C(F)(F)C(F)F. The third kappa shape index (κ3) is 2.59. The summed E-state index contributed by atoms with van der Waals surface area (Å²) >= 11 is 11.0. The lowest BCUT2D eigenvalue weighted by Crippen LogP contribution is -2.34. The maximum absolute atomic E-state index is 12.8. The van der Waals surface area contributed by atoms with Crippen LogP contribution in [0.3, 0.4) is 0 Å². The highest BCUT2D eigenvalue weighted by Gasteiger charge is 2.49. The molecule has 1 aromatic carbocycles. The first-order chi connectivity index (χ1) is 7.26. The molecule has 0 aliphatic heterocycles. The molecule has 0 heterocycles. The molecule has 1 nitrogen and oxygen atoms in total. The molecule has 0 radical (unpaired) electrons. The summed E-state index contributed by atoms with van der Waals surface area (Å²) < 4.78 is 49.6. The average molecular weight is 277 g/mol. The van der Waals surface area contributed by atoms with Crippen molar-refractivity contribution in [1.29, 1.82) is 0 Å². The van der Waals surface area contributed by atoms with E-state index in [1.165, 1.54) is 6.07 Å². The number of aliphatic hydroxyl groups is 1. The normalized spacial score (nSPS) is 14.2. The molecule has 0 amide bonds. The summed E-state index contributed by atoms with van der Waals surface area (Å²) in [7, 11) is 0. The summed E-state index contributed by atoms with van der Waals surface area (Å²) in [4.78, 5) is 0. The van der Waals surface area contributed by atoms with E-state index in [1.54, 1.807) is 0 Å². The Hall–Kier alpha value is -0.520. The highest BCUT2D eigenvalue weighted by molar-refractivity contribution is 6.35. The Morgan fingerprint density at radius 2 is 1.75 bits per heavy atom. The second kappa shape index (κ2) is 4.77. The fraction of sp³-hybridized carbons (Fsp3) is 0.333. The first kappa shape index (κ1) is 13.5. The maximum atomic E-state index is 12.8. The number of hydrogen-bond acceptors (Lipinski definition) is 1. The van der Waals surface area contributed by atoms with Crippen LogP contribution in [0.25, 0.3) is 0 Å². The van der Waals surface area contributed by atoms with E-state index in [0.717, 1.165) is 12.1 Å². The zero-order valence-corrected chi connectivity index (χ0v) is 9.11. The van der Waals surface area contributed by atoms with Crippen LogP contribution < -0.4 is 0 Å². The fourth-order valence-electron chi connectivity index (χ4n) is 1.05. The molecule has 7 heteroatoms. The van der Waals surface area contributed by atoms with Gasteiger partial charge in [-0.3, -0.25) is 0 Å². The van der Waals surface area contributed by atoms with Crippen molar-refractivity contribution in [3.8, 4) is 0 Å². The van der Waals surface area contributed by atoms with Crippen LogP contribution in [0.15, 0.2) is 18.2 Å². The van der Waals surface area contributed by atoms with Gasteiger partial charge in [-0.15, -0.1) is 0 Å². The first-order valence-corrected chi connectivity index (χ1v) is 4.81. The van der Waals surface area contributed by atoms with Crippen LogP contribution in [0, 0.1) is 0 Å². The monoisotopic (exact) mass is 276 g/mol. The standard InChI is InChI=1S/C9H6Cl2F4O/c10-4-1-2-5(6(11)3-4)7(16)9(14,15)8(12)13/h1-3,7-8,16H. The Bertz CT molecular complexity index is 384. The minimum Gasteiger partial charge on any atom is -0.382 e. The molecule has 0 aliphatic carbocycles. The third-order valence-corrected chi connectivity index (χ3v) is 2.48. The number of halogens is 6. The Kier molecular flexibility index (Phi) is 4.04. The summed E-state index contributed by atoms with van der Waals surface area (Å²) in [5, 5.41) is 9.00. The third-order valence-electron chi connectivity index (χ3n) is 1.91. The zero-order valence-electron chi connectivity index (χ0n) is 7.60. The molecule has 1 unspecified atom stereocenters. The Morgan fingerprint density at radius 1 is 1.19 bits per heavy atom. The number of benzene rings is 1. The summed E-state index contributed by atoms with van der Waals surface area (Å²) in [6, 6.07) is 3.24. The van der Waals surface area contributed by atoms with Crippen molar-refractivity contribution in [2.24, 2.45) is 0 Å². The minimum atomic E-state index is -4.56. The summed E-state index contributed by atoms with van der Waals surface area (Å²) in [6.45, 7) is 0. The van der Waals surface area contributed by atoms with Gasteiger partial charge in [-0.05, 0) is 12.1 Å². The molecule has 0 fully saturated rings. The molecule has 90 valence electrons. The van der Waals surface area contributed by atoms with Gasteiger partial charge in [-0.25, -0.2) is 8.78 Å². The van der Waals surface area contributed by atoms with Gasteiger partial charge in [0.05, 0.1) is 0 Å². The minimum absolute atomic E-state index is 0.154. The van der Waals surface area contributed by atoms with Gasteiger partial charge in [0.2, 0.25) is 0 Å². The molecule has 1 rings (SSSR count). The van der Waals surface area contributed by atoms with Crippen LogP contribution in [-0.4, -0.2) is 17.5 Å². The molecule has 16 heavy (non-hydrogen) atoms. The van der Waals surface area contributed by atoms with Gasteiger partial charge >= 0.3 is 12.3 Å². The average Bonchev–Trinajstić information content (AvgIpc) is 2.16. The van der Waals surface area contributed by atoms with E-state index < -0.39 is 24.0 Å². The number of hydrogen-bond donors (Lipinski definition) is 1. The molecule has 0 aliphatic rings. The fourth-order valence-corrected chi connectivity index (χ4v) is 1.56. The second-order valence-electron chi connectivity index (χ2n) is 3.04. The predicted molar refractivity (Wildman–Crippen MR) is 52.4 cm³/mol. The highest BCUT2D eigenvalue weighted by atomic mass is 35.5. The molecule has 0 bridgehead atoms. The van der Waals surface area contributed by atoms with E-state index in [-0.39, 0.29) is 10.0 Å². The number of aliphatic hydroxyl groups excluding tert-OH is 1. The Morgan fingerprint density at radius 3 is 2.19 bits per heavy atom. The van der Waals surface area contributed by atoms with Gasteiger partial charge in [0, 0.05) is 15.6 Å². The van der Waals surface area contributed by atoms with E-state index in [4.69, 9.17) is 28.3 Å². The van der Waals surface area contributed by atoms with Crippen molar-refractivity contribution >= 4 is 23.2 Å². The molecule has 1 atom stereocenters. The molecular weight excluding hydrogens is 271 g/mol. The van der Waals surface area contributed by atoms with Gasteiger partial charge in [-0.2, -0.15) is 8.78 Å². The summed E-state index contributed by atoms with van der Waals surface area (Å²) in [5.74, 6) is -4.56. The quantitative estimate of drug-likeness (QED) is 0.830. The lowest BCUT2D eigenvalue weighted by molar-refractivity contribution is -0.193. The molecule has 0 spiro atoms. The van der Waals surface area contributed by atoms with E-state index >= 15 is 0 Å². The van der Waals surface area contributed by atoms with E-state index in [0.29, 0.717) is 0 Å². The summed E-state index contributed by atoms with van der Waals surface area (Å²) in [5.41, 5.74) is -0.489. The van der Waals surface area contributed by atoms with Crippen molar-refractivity contribution in [1.82, 2.24) is 0 Å². The lowest BCUT2D eigenvalue weighted by Gasteiger charge is -2.22. The number of alkyl halides is 4. The van der Waals surface area contributed by atoms with Crippen molar-refractivity contribution in [2.75, 3.05) is 0 Å². The topological polar surface area (TPSA) is 20.2 Å². The largest absolute Gasteiger partial charge is 0.382 e. The molecule has 0 aromatic heterocycles. The van der Waals surface area contributed by atoms with Gasteiger partial charge in [0.15, 0.2) is 0 Å². The van der Waals surface area contributed by atoms with Crippen LogP contribution in [0.2, 0.25) is 10.0 Å². The molecule has 0 saturated carbocycles. The van der Waals surface area contributed by atoms with Gasteiger partial charge in [-0.1, -0.05) is 29.3 Å². The van der Waals surface area contributed by atoms with Crippen molar-refractivity contribution in [3.05, 3.63) is 33.8 Å². The second-order valence-corrected chi connectivity index (χ2v) is 3.89. The van der Waals surface area contributed by atoms with E-state index in [1.807, 2.05) is 0 Å². The van der Waals surface area contributed by atoms with Crippen LogP contribution >= 0.6 is 23.2 Å². The van der Waals surface area contributed by atoms with Gasteiger partial charge in [0.1, 0.15) is 6.10 Å². The van der Waals surface area contributed by atoms with Gasteiger partial charge < -0.3 is 5.11 Å². The molecule has 0 saturated heterocycles. The summed E-state index contributed by atoms with van der Waals surface area (Å²) in [6.07, 6.45) is -6.65. The van der Waals surface area contributed by atoms with E-state index in [9.17, 15) is 17.6 Å². The predicted octanol–water partition coefficient (Wildman–Crippen LogP) is 3.93. The van der Waals surface area contributed by atoms with Crippen LogP contribution in [-0.2, 0) is 0 Å². The van der Waals surface area contributed by atoms with Crippen molar-refractivity contribution < 1.29 is 22.7 Å². The lowest BCUT2D eigenvalue weighted by atomic mass is 10.0. The Labute approximate surface area is 98.6 Å². The Balaban J connectivity index is 3.10. The smallest absolute Gasteiger partial charge is 0.336 e. The first-order valence-electron chi connectivity index (χ1n) is 4.05. The molecule has 1 aromatic rings. The van der Waals surface area contributed by atoms with Crippen molar-refractivity contribution in [3.63, 3.8) is 0 Å². The van der Waals surface area contributed by atoms with E-state index in [2.05, 4.69) is 0 Å². The highest BCUT2D eigenvalue weighted by Crippen LogP contribution is 2.39. The van der Waals surface area contributed by atoms with Crippen LogP contribution in [0.4, 0.5) is 17.6 Å². The molecular formula is C9H6Cl2F4O. The van der Waals surface area contributed by atoms with Crippen LogP contribution in [0.5, 0.6) is 0 Å².